The van der Waals surface area contributed by atoms with E-state index in [1.165, 1.54) is 16.1 Å². The van der Waals surface area contributed by atoms with E-state index in [2.05, 4.69) is 25.7 Å². The van der Waals surface area contributed by atoms with Gasteiger partial charge in [0, 0.05) is 12.0 Å². The van der Waals surface area contributed by atoms with Gasteiger partial charge in [-0.1, -0.05) is 62.4 Å². The van der Waals surface area contributed by atoms with Crippen LogP contribution in [0.5, 0.6) is 0 Å². The van der Waals surface area contributed by atoms with Gasteiger partial charge in [0.1, 0.15) is 4.88 Å². The molecule has 1 aromatic carbocycles. The summed E-state index contributed by atoms with van der Waals surface area (Å²) in [4.78, 5) is 19.0. The van der Waals surface area contributed by atoms with Gasteiger partial charge in [0.05, 0.1) is 12.7 Å². The molecule has 2 aromatic heterocycles. The number of nitrogens with one attached hydrogen (secondary N) is 1. The monoisotopic (exact) mass is 356 g/mol. The van der Waals surface area contributed by atoms with Crippen LogP contribution in [0, 0.1) is 5.41 Å². The van der Waals surface area contributed by atoms with E-state index >= 15 is 0 Å². The van der Waals surface area contributed by atoms with Crippen molar-refractivity contribution < 1.29 is 4.79 Å². The maximum Gasteiger partial charge on any atom is 0.226 e. The highest BCUT2D eigenvalue weighted by Gasteiger charge is 2.21. The minimum Gasteiger partial charge on any atom is -0.302 e. The number of carbonyl (C=O) groups is 1. The molecule has 0 bridgehead atoms. The first-order chi connectivity index (χ1) is 11.8. The van der Waals surface area contributed by atoms with Crippen LogP contribution >= 0.6 is 11.3 Å². The molecule has 0 unspecified atom stereocenters. The molecule has 130 valence electrons. The number of hydrogen-bond donors (Lipinski definition) is 1. The maximum atomic E-state index is 12.2. The smallest absolute Gasteiger partial charge is 0.226 e. The average Bonchev–Trinajstić information content (AvgIpc) is 3.12. The van der Waals surface area contributed by atoms with Crippen LogP contribution in [0.1, 0.15) is 27.2 Å². The molecule has 3 aromatic rings. The number of aryl methyl sites for hydroxylation is 1. The highest BCUT2D eigenvalue weighted by atomic mass is 32.1. The molecule has 0 aliphatic rings. The minimum atomic E-state index is -0.0844. The Kier molecular flexibility index (Phi) is 4.63. The molecule has 8 heteroatoms. The molecule has 0 atom stereocenters. The topological polar surface area (TPSA) is 85.6 Å². The number of anilines is 1. The molecule has 0 radical (unpaired) electrons. The lowest BCUT2D eigenvalue weighted by Crippen LogP contribution is -2.19. The summed E-state index contributed by atoms with van der Waals surface area (Å²) in [5.41, 5.74) is 1.60. The van der Waals surface area contributed by atoms with Crippen LogP contribution in [-0.2, 0) is 11.8 Å². The third-order valence-corrected chi connectivity index (χ3v) is 4.29. The van der Waals surface area contributed by atoms with Crippen molar-refractivity contribution in [3.63, 3.8) is 0 Å². The second kappa shape index (κ2) is 6.72. The highest BCUT2D eigenvalue weighted by Crippen LogP contribution is 2.37. The van der Waals surface area contributed by atoms with Gasteiger partial charge in [-0.25, -0.2) is 4.98 Å². The SMILES string of the molecule is Cn1nnc(-c2sc(NC(=O)CC(C)(C)C)nc2-c2ccccc2)n1. The van der Waals surface area contributed by atoms with Gasteiger partial charge in [-0.05, 0) is 10.6 Å². The Labute approximate surface area is 150 Å². The Morgan fingerprint density at radius 2 is 1.96 bits per heavy atom. The van der Waals surface area contributed by atoms with Gasteiger partial charge < -0.3 is 5.32 Å². The normalized spacial score (nSPS) is 11.5. The highest BCUT2D eigenvalue weighted by molar-refractivity contribution is 7.19. The molecule has 2 heterocycles. The van der Waals surface area contributed by atoms with Gasteiger partial charge in [0.2, 0.25) is 11.7 Å². The van der Waals surface area contributed by atoms with Gasteiger partial charge in [0.25, 0.3) is 0 Å². The molecule has 25 heavy (non-hydrogen) atoms. The Bertz CT molecular complexity index is 878. The van der Waals surface area contributed by atoms with Crippen molar-refractivity contribution >= 4 is 22.4 Å². The molecule has 0 saturated heterocycles. The van der Waals surface area contributed by atoms with E-state index in [1.807, 2.05) is 51.1 Å². The molecule has 0 saturated carbocycles. The molecule has 7 nitrogen and oxygen atoms in total. The summed E-state index contributed by atoms with van der Waals surface area (Å²) >= 11 is 1.35. The Hall–Kier alpha value is -2.61. The number of rotatable bonds is 4. The fourth-order valence-electron chi connectivity index (χ4n) is 2.34. The lowest BCUT2D eigenvalue weighted by atomic mass is 9.92. The van der Waals surface area contributed by atoms with Crippen LogP contribution < -0.4 is 5.32 Å². The van der Waals surface area contributed by atoms with Gasteiger partial charge in [0.15, 0.2) is 5.13 Å². The molecule has 3 rings (SSSR count). The fourth-order valence-corrected chi connectivity index (χ4v) is 3.27. The number of amides is 1. The van der Waals surface area contributed by atoms with Crippen molar-refractivity contribution in [1.82, 2.24) is 25.2 Å². The molecular weight excluding hydrogens is 336 g/mol. The molecule has 0 spiro atoms. The quantitative estimate of drug-likeness (QED) is 0.774. The van der Waals surface area contributed by atoms with E-state index in [1.54, 1.807) is 7.05 Å². The summed E-state index contributed by atoms with van der Waals surface area (Å²) < 4.78 is 0. The number of aromatic nitrogens is 5. The number of benzene rings is 1. The first-order valence-corrected chi connectivity index (χ1v) is 8.74. The third-order valence-electron chi connectivity index (χ3n) is 3.32. The zero-order chi connectivity index (χ0) is 18.0. The summed E-state index contributed by atoms with van der Waals surface area (Å²) in [6, 6.07) is 9.77. The van der Waals surface area contributed by atoms with Crippen LogP contribution in [0.15, 0.2) is 30.3 Å². The van der Waals surface area contributed by atoms with E-state index in [-0.39, 0.29) is 11.3 Å². The second-order valence-corrected chi connectivity index (χ2v) is 7.95. The van der Waals surface area contributed by atoms with Crippen molar-refractivity contribution in [2.24, 2.45) is 12.5 Å². The van der Waals surface area contributed by atoms with Crippen LogP contribution in [0.2, 0.25) is 0 Å². The van der Waals surface area contributed by atoms with E-state index < -0.39 is 0 Å². The molecule has 1 N–H and O–H groups in total. The first kappa shape index (κ1) is 17.2. The van der Waals surface area contributed by atoms with Crippen LogP contribution in [0.25, 0.3) is 22.0 Å². The average molecular weight is 356 g/mol. The van der Waals surface area contributed by atoms with Gasteiger partial charge in [-0.2, -0.15) is 4.80 Å². The van der Waals surface area contributed by atoms with Crippen molar-refractivity contribution in [3.8, 4) is 22.0 Å². The maximum absolute atomic E-state index is 12.2. The molecule has 0 aliphatic carbocycles. The standard InChI is InChI=1S/C17H20N6OS/c1-17(2,3)10-12(24)18-16-19-13(11-8-6-5-7-9-11)14(25-16)15-20-22-23(4)21-15/h5-9H,10H2,1-4H3,(H,18,19,24). The van der Waals surface area contributed by atoms with E-state index in [0.29, 0.717) is 17.4 Å². The van der Waals surface area contributed by atoms with E-state index in [0.717, 1.165) is 16.1 Å². The van der Waals surface area contributed by atoms with E-state index in [4.69, 9.17) is 0 Å². The number of thiazole rings is 1. The molecule has 0 fully saturated rings. The largest absolute Gasteiger partial charge is 0.302 e. The zero-order valence-corrected chi connectivity index (χ0v) is 15.5. The van der Waals surface area contributed by atoms with Gasteiger partial charge in [-0.15, -0.1) is 10.2 Å². The van der Waals surface area contributed by atoms with Crippen LogP contribution in [0.4, 0.5) is 5.13 Å². The van der Waals surface area contributed by atoms with Crippen LogP contribution in [-0.4, -0.2) is 31.1 Å². The van der Waals surface area contributed by atoms with Gasteiger partial charge >= 0.3 is 0 Å². The number of tetrazole rings is 1. The van der Waals surface area contributed by atoms with Crippen LogP contribution in [0.3, 0.4) is 0 Å². The van der Waals surface area contributed by atoms with Crippen molar-refractivity contribution in [2.45, 2.75) is 27.2 Å². The van der Waals surface area contributed by atoms with Crippen molar-refractivity contribution in [1.29, 1.82) is 0 Å². The minimum absolute atomic E-state index is 0.0560. The second-order valence-electron chi connectivity index (χ2n) is 6.95. The summed E-state index contributed by atoms with van der Waals surface area (Å²) in [7, 11) is 1.71. The van der Waals surface area contributed by atoms with E-state index in [9.17, 15) is 4.79 Å². The summed E-state index contributed by atoms with van der Waals surface area (Å²) in [5.74, 6) is 0.440. The van der Waals surface area contributed by atoms with Crippen molar-refractivity contribution in [2.75, 3.05) is 5.32 Å². The first-order valence-electron chi connectivity index (χ1n) is 7.92. The molecule has 0 aliphatic heterocycles. The third kappa shape index (κ3) is 4.27. The molecule has 1 amide bonds. The lowest BCUT2D eigenvalue weighted by Gasteiger charge is -2.16. The Morgan fingerprint density at radius 3 is 2.56 bits per heavy atom. The zero-order valence-electron chi connectivity index (χ0n) is 14.6. The van der Waals surface area contributed by atoms with Gasteiger partial charge in [-0.3, -0.25) is 4.79 Å². The fraction of sp³-hybridized carbons (Fsp3) is 0.353. The number of carbonyl (C=O) groups excluding carboxylic acids is 1. The Morgan fingerprint density at radius 1 is 1.24 bits per heavy atom. The summed E-state index contributed by atoms with van der Waals surface area (Å²) in [5, 5.41) is 15.7. The lowest BCUT2D eigenvalue weighted by molar-refractivity contribution is -0.117. The number of nitrogens with zero attached hydrogens (tertiary/aromatic N) is 5. The Balaban J connectivity index is 1.96. The molecular formula is C17H20N6OS. The predicted molar refractivity (Wildman–Crippen MR) is 98.0 cm³/mol. The van der Waals surface area contributed by atoms with Crippen molar-refractivity contribution in [3.05, 3.63) is 30.3 Å². The summed E-state index contributed by atoms with van der Waals surface area (Å²) in [6.45, 7) is 6.08. The summed E-state index contributed by atoms with van der Waals surface area (Å²) in [6.07, 6.45) is 0.423. The predicted octanol–water partition coefficient (Wildman–Crippen LogP) is 3.38. The number of hydrogen-bond acceptors (Lipinski definition) is 6.